The summed E-state index contributed by atoms with van der Waals surface area (Å²) in [6, 6.07) is 51.6. The Morgan fingerprint density at radius 2 is 1.19 bits per heavy atom. The molecule has 2 atom stereocenters. The minimum atomic E-state index is -0.257. The average molecular weight is 669 g/mol. The topological polar surface area (TPSA) is 43.6 Å². The van der Waals surface area contributed by atoms with Crippen molar-refractivity contribution in [2.45, 2.75) is 25.7 Å². The summed E-state index contributed by atoms with van der Waals surface area (Å²) < 4.78 is 2.42. The second-order valence-corrected chi connectivity index (χ2v) is 14.3. The molecule has 52 heavy (non-hydrogen) atoms. The van der Waals surface area contributed by atoms with Gasteiger partial charge < -0.3 is 4.57 Å². The first-order valence-corrected chi connectivity index (χ1v) is 18.1. The molecule has 0 fully saturated rings. The highest BCUT2D eigenvalue weighted by Crippen LogP contribution is 2.55. The van der Waals surface area contributed by atoms with Crippen molar-refractivity contribution < 1.29 is 0 Å². The predicted molar refractivity (Wildman–Crippen MR) is 213 cm³/mol. The van der Waals surface area contributed by atoms with Gasteiger partial charge in [0.2, 0.25) is 0 Å². The Hall–Kier alpha value is -6.39. The van der Waals surface area contributed by atoms with Crippen LogP contribution in [0, 0.1) is 5.92 Å². The first kappa shape index (κ1) is 30.4. The number of benzene rings is 6. The van der Waals surface area contributed by atoms with Gasteiger partial charge in [0.1, 0.15) is 0 Å². The van der Waals surface area contributed by atoms with E-state index in [2.05, 4.69) is 122 Å². The summed E-state index contributed by atoms with van der Waals surface area (Å²) in [4.78, 5) is 15.0. The monoisotopic (exact) mass is 668 g/mol. The number of hydrogen-bond donors (Lipinski definition) is 0. The molecule has 2 heterocycles. The molecule has 4 nitrogen and oxygen atoms in total. The summed E-state index contributed by atoms with van der Waals surface area (Å²) in [6.07, 6.45) is 8.26. The van der Waals surface area contributed by atoms with Crippen LogP contribution in [0.1, 0.15) is 31.4 Å². The molecule has 248 valence electrons. The normalized spacial score (nSPS) is 17.7. The fourth-order valence-electron chi connectivity index (χ4n) is 8.36. The maximum atomic E-state index is 5.05. The quantitative estimate of drug-likeness (QED) is 0.183. The van der Waals surface area contributed by atoms with E-state index in [4.69, 9.17) is 15.0 Å². The number of aromatic nitrogens is 4. The summed E-state index contributed by atoms with van der Waals surface area (Å²) >= 11 is 0. The van der Waals surface area contributed by atoms with E-state index in [1.165, 1.54) is 49.6 Å². The molecule has 0 saturated heterocycles. The molecule has 8 aromatic rings. The van der Waals surface area contributed by atoms with Crippen molar-refractivity contribution in [3.05, 3.63) is 181 Å². The van der Waals surface area contributed by atoms with Gasteiger partial charge in [0.25, 0.3) is 0 Å². The van der Waals surface area contributed by atoms with Crippen molar-refractivity contribution in [2.24, 2.45) is 5.92 Å². The maximum Gasteiger partial charge on any atom is 0.164 e. The van der Waals surface area contributed by atoms with E-state index in [0.29, 0.717) is 23.4 Å². The second-order valence-electron chi connectivity index (χ2n) is 14.3. The van der Waals surface area contributed by atoms with Crippen molar-refractivity contribution in [2.75, 3.05) is 0 Å². The van der Waals surface area contributed by atoms with E-state index in [1.54, 1.807) is 0 Å². The van der Waals surface area contributed by atoms with E-state index in [1.807, 2.05) is 60.7 Å². The van der Waals surface area contributed by atoms with Crippen molar-refractivity contribution in [1.82, 2.24) is 19.5 Å². The van der Waals surface area contributed by atoms with E-state index >= 15 is 0 Å². The van der Waals surface area contributed by atoms with Gasteiger partial charge in [-0.2, -0.15) is 0 Å². The van der Waals surface area contributed by atoms with Crippen LogP contribution in [0.3, 0.4) is 0 Å². The number of rotatable bonds is 5. The third kappa shape index (κ3) is 4.71. The zero-order valence-electron chi connectivity index (χ0n) is 29.2. The molecule has 10 rings (SSSR count). The van der Waals surface area contributed by atoms with Gasteiger partial charge >= 0.3 is 0 Å². The van der Waals surface area contributed by atoms with Crippen LogP contribution >= 0.6 is 0 Å². The highest BCUT2D eigenvalue weighted by Gasteiger charge is 2.42. The van der Waals surface area contributed by atoms with Crippen LogP contribution in [0.2, 0.25) is 0 Å². The molecule has 2 aliphatic carbocycles. The van der Waals surface area contributed by atoms with Gasteiger partial charge in [-0.25, -0.2) is 15.0 Å². The molecule has 4 heteroatoms. The zero-order valence-corrected chi connectivity index (χ0v) is 29.2. The van der Waals surface area contributed by atoms with Gasteiger partial charge in [0.15, 0.2) is 17.5 Å². The molecular weight excluding hydrogens is 633 g/mol. The lowest BCUT2D eigenvalue weighted by atomic mass is 9.71. The largest absolute Gasteiger partial charge is 0.309 e. The smallest absolute Gasteiger partial charge is 0.164 e. The number of hydrogen-bond acceptors (Lipinski definition) is 3. The minimum absolute atomic E-state index is 0.257. The molecule has 0 saturated carbocycles. The van der Waals surface area contributed by atoms with Gasteiger partial charge in [-0.3, -0.25) is 0 Å². The molecule has 0 aliphatic heterocycles. The van der Waals surface area contributed by atoms with Crippen molar-refractivity contribution in [3.8, 4) is 51.0 Å². The van der Waals surface area contributed by atoms with E-state index < -0.39 is 0 Å². The molecule has 0 bridgehead atoms. The summed E-state index contributed by atoms with van der Waals surface area (Å²) in [5.74, 6) is 2.50. The molecule has 6 aromatic carbocycles. The van der Waals surface area contributed by atoms with Crippen molar-refractivity contribution in [1.29, 1.82) is 0 Å². The Labute approximate surface area is 303 Å². The SMILES string of the molecule is CC1C=CC(C2(C)c3ccccc3-c3cc4c5ccccc5n(-c5cccc(-c6nc(-c7ccccc7)nc(-c7ccccc7)n6)c5)c4cc32)=CC1. The number of nitrogens with zero attached hydrogens (tertiary/aromatic N) is 4. The van der Waals surface area contributed by atoms with Crippen LogP contribution < -0.4 is 0 Å². The third-order valence-electron chi connectivity index (χ3n) is 11.1. The fraction of sp³-hybridized carbons (Fsp3) is 0.104. The standard InChI is InChI=1S/C48H36N4/c1-31-24-26-35(27-25-31)48(2)41-22-11-9-20-37(41)39-29-40-38-21-10-12-23-43(38)52(44(40)30-42(39)48)36-19-13-18-34(28-36)47-50-45(32-14-5-3-6-15-32)49-46(51-47)33-16-7-4-8-17-33/h3-24,26-31H,25H2,1-2H3. The second kappa shape index (κ2) is 11.9. The fourth-order valence-corrected chi connectivity index (χ4v) is 8.36. The van der Waals surface area contributed by atoms with Gasteiger partial charge in [-0.1, -0.05) is 140 Å². The molecule has 2 unspecified atom stereocenters. The Bertz CT molecular complexity index is 2680. The summed E-state index contributed by atoms with van der Waals surface area (Å²) in [5.41, 5.74) is 12.8. The molecule has 0 N–H and O–H groups in total. The molecule has 0 radical (unpaired) electrons. The predicted octanol–water partition coefficient (Wildman–Crippen LogP) is 11.8. The molecular formula is C48H36N4. The van der Waals surface area contributed by atoms with Gasteiger partial charge in [0, 0.05) is 38.6 Å². The average Bonchev–Trinajstić information content (AvgIpc) is 3.67. The number of para-hydroxylation sites is 1. The van der Waals surface area contributed by atoms with Crippen molar-refractivity contribution >= 4 is 21.8 Å². The van der Waals surface area contributed by atoms with Crippen molar-refractivity contribution in [3.63, 3.8) is 0 Å². The summed E-state index contributed by atoms with van der Waals surface area (Å²) in [5, 5.41) is 2.48. The van der Waals surface area contributed by atoms with Crippen LogP contribution in [0.4, 0.5) is 0 Å². The van der Waals surface area contributed by atoms with Crippen LogP contribution in [0.25, 0.3) is 72.8 Å². The molecule has 0 spiro atoms. The highest BCUT2D eigenvalue weighted by molar-refractivity contribution is 6.12. The highest BCUT2D eigenvalue weighted by atomic mass is 15.0. The number of fused-ring (bicyclic) bond motifs is 6. The maximum absolute atomic E-state index is 5.05. The first-order valence-electron chi connectivity index (χ1n) is 18.1. The lowest BCUT2D eigenvalue weighted by Gasteiger charge is -2.31. The Morgan fingerprint density at radius 3 is 1.90 bits per heavy atom. The number of allylic oxidation sites excluding steroid dienone is 4. The van der Waals surface area contributed by atoms with E-state index in [9.17, 15) is 0 Å². The Morgan fingerprint density at radius 1 is 0.558 bits per heavy atom. The summed E-state index contributed by atoms with van der Waals surface area (Å²) in [6.45, 7) is 4.71. The van der Waals surface area contributed by atoms with Crippen LogP contribution in [-0.4, -0.2) is 19.5 Å². The van der Waals surface area contributed by atoms with E-state index in [-0.39, 0.29) is 5.41 Å². The van der Waals surface area contributed by atoms with Crippen LogP contribution in [-0.2, 0) is 5.41 Å². The van der Waals surface area contributed by atoms with Crippen LogP contribution in [0.5, 0.6) is 0 Å². The lowest BCUT2D eigenvalue weighted by Crippen LogP contribution is -2.24. The van der Waals surface area contributed by atoms with Gasteiger partial charge in [0.05, 0.1) is 11.0 Å². The molecule has 2 aliphatic rings. The van der Waals surface area contributed by atoms with E-state index in [0.717, 1.165) is 28.8 Å². The van der Waals surface area contributed by atoms with Crippen LogP contribution in [0.15, 0.2) is 169 Å². The minimum Gasteiger partial charge on any atom is -0.309 e. The molecule has 0 amide bonds. The van der Waals surface area contributed by atoms with Gasteiger partial charge in [-0.15, -0.1) is 0 Å². The Balaban J connectivity index is 1.19. The summed E-state index contributed by atoms with van der Waals surface area (Å²) in [7, 11) is 0. The van der Waals surface area contributed by atoms with Gasteiger partial charge in [-0.05, 0) is 77.4 Å². The first-order chi connectivity index (χ1) is 25.6. The third-order valence-corrected chi connectivity index (χ3v) is 11.1. The lowest BCUT2D eigenvalue weighted by molar-refractivity contribution is 0.666. The molecule has 2 aromatic heterocycles. The Kier molecular flexibility index (Phi) is 6.94. The zero-order chi connectivity index (χ0) is 34.8.